The highest BCUT2D eigenvalue weighted by Crippen LogP contribution is 2.46. The number of nitrogens with two attached hydrogens (primary N) is 1. The van der Waals surface area contributed by atoms with E-state index in [1.165, 1.54) is 0 Å². The van der Waals surface area contributed by atoms with E-state index in [1.807, 2.05) is 41.8 Å². The van der Waals surface area contributed by atoms with E-state index in [2.05, 4.69) is 15.1 Å². The van der Waals surface area contributed by atoms with E-state index < -0.39 is 25.9 Å². The summed E-state index contributed by atoms with van der Waals surface area (Å²) in [6.45, 7) is 8.97. The Kier molecular flexibility index (Phi) is 7.82. The van der Waals surface area contributed by atoms with Crippen molar-refractivity contribution in [1.29, 1.82) is 0 Å². The van der Waals surface area contributed by atoms with Gasteiger partial charge in [-0.3, -0.25) is 9.32 Å². The Morgan fingerprint density at radius 1 is 1.05 bits per heavy atom. The van der Waals surface area contributed by atoms with Crippen LogP contribution >= 0.6 is 7.75 Å². The highest BCUT2D eigenvalue weighted by Gasteiger charge is 2.34. The molecule has 0 unspecified atom stereocenters. The topological polar surface area (TPSA) is 131 Å². The molecule has 2 aromatic carbocycles. The van der Waals surface area contributed by atoms with Crippen molar-refractivity contribution in [2.24, 2.45) is 0 Å². The van der Waals surface area contributed by atoms with Gasteiger partial charge in [0.15, 0.2) is 5.82 Å². The molecular weight excluding hydrogens is 493 g/mol. The lowest BCUT2D eigenvalue weighted by Gasteiger charge is -2.26. The number of aryl methyl sites for hydroxylation is 1. The van der Waals surface area contributed by atoms with Crippen molar-refractivity contribution in [3.63, 3.8) is 0 Å². The van der Waals surface area contributed by atoms with Crippen molar-refractivity contribution < 1.29 is 23.1 Å². The number of pyridine rings is 1. The fraction of sp³-hybridized carbons (Fsp3) is 0.346. The second kappa shape index (κ2) is 10.9. The minimum absolute atomic E-state index is 0.296. The summed E-state index contributed by atoms with van der Waals surface area (Å²) in [6.07, 6.45) is -0.931. The average molecular weight is 526 g/mol. The first-order valence-electron chi connectivity index (χ1n) is 12.1. The van der Waals surface area contributed by atoms with Crippen LogP contribution in [0.25, 0.3) is 21.9 Å². The number of para-hydroxylation sites is 2. The van der Waals surface area contributed by atoms with E-state index in [0.29, 0.717) is 29.5 Å². The Morgan fingerprint density at radius 2 is 1.73 bits per heavy atom. The largest absolute Gasteiger partial charge is 0.462 e. The van der Waals surface area contributed by atoms with Crippen LogP contribution in [0.4, 0.5) is 5.82 Å². The first-order chi connectivity index (χ1) is 17.6. The third-order valence-corrected chi connectivity index (χ3v) is 7.38. The number of hydrogen-bond donors (Lipinski definition) is 2. The van der Waals surface area contributed by atoms with Crippen LogP contribution in [0.15, 0.2) is 54.6 Å². The minimum atomic E-state index is -4.02. The summed E-state index contributed by atoms with van der Waals surface area (Å²) >= 11 is 0. The molecule has 37 heavy (non-hydrogen) atoms. The number of aromatic nitrogens is 3. The zero-order valence-corrected chi connectivity index (χ0v) is 22.4. The number of nitrogens with one attached hydrogen (secondary N) is 1. The molecule has 0 aliphatic rings. The summed E-state index contributed by atoms with van der Waals surface area (Å²) in [5, 5.41) is 3.62. The molecule has 3 N–H and O–H groups in total. The van der Waals surface area contributed by atoms with Crippen molar-refractivity contribution in [2.45, 2.75) is 59.4 Å². The van der Waals surface area contributed by atoms with Gasteiger partial charge in [-0.2, -0.15) is 5.09 Å². The number of imidazole rings is 1. The Morgan fingerprint density at radius 3 is 2.43 bits per heavy atom. The van der Waals surface area contributed by atoms with Crippen LogP contribution in [0.5, 0.6) is 5.75 Å². The SMILES string of the molecule is Cc1nc2c(N)nc3ccccc3c2n1C[C@@H](C)O[P@@](=O)(N[C@@H](C)C(=O)OC(C)C)Oc1ccccc1. The highest BCUT2D eigenvalue weighted by atomic mass is 31.2. The van der Waals surface area contributed by atoms with Crippen molar-refractivity contribution in [1.82, 2.24) is 19.6 Å². The fourth-order valence-electron chi connectivity index (χ4n) is 4.04. The molecule has 10 nitrogen and oxygen atoms in total. The summed E-state index contributed by atoms with van der Waals surface area (Å²) in [5.74, 6) is 0.815. The fourth-order valence-corrected chi connectivity index (χ4v) is 5.72. The lowest BCUT2D eigenvalue weighted by molar-refractivity contribution is -0.149. The third kappa shape index (κ3) is 6.10. The van der Waals surface area contributed by atoms with Gasteiger partial charge in [0.1, 0.15) is 23.1 Å². The summed E-state index contributed by atoms with van der Waals surface area (Å²) in [7, 11) is -4.02. The zero-order chi connectivity index (χ0) is 26.7. The molecular formula is C26H32N5O5P. The maximum absolute atomic E-state index is 13.9. The van der Waals surface area contributed by atoms with Crippen LogP contribution in [-0.4, -0.2) is 38.8 Å². The summed E-state index contributed by atoms with van der Waals surface area (Å²) in [6, 6.07) is 15.4. The van der Waals surface area contributed by atoms with Crippen molar-refractivity contribution in [3.8, 4) is 5.75 Å². The number of carbonyl (C=O) groups is 1. The second-order valence-corrected chi connectivity index (χ2v) is 10.8. The van der Waals surface area contributed by atoms with Gasteiger partial charge < -0.3 is 19.6 Å². The summed E-state index contributed by atoms with van der Waals surface area (Å²) in [5.41, 5.74) is 8.36. The molecule has 0 bridgehead atoms. The number of fused-ring (bicyclic) bond motifs is 3. The van der Waals surface area contributed by atoms with Gasteiger partial charge in [-0.25, -0.2) is 14.5 Å². The number of benzene rings is 2. The van der Waals surface area contributed by atoms with Crippen molar-refractivity contribution in [2.75, 3.05) is 5.73 Å². The predicted octanol–water partition coefficient (Wildman–Crippen LogP) is 5.00. The van der Waals surface area contributed by atoms with Crippen LogP contribution in [0.1, 0.15) is 33.5 Å². The third-order valence-electron chi connectivity index (χ3n) is 5.59. The Hall–Kier alpha value is -3.46. The number of ether oxygens (including phenoxy) is 1. The number of anilines is 1. The molecule has 0 spiro atoms. The molecule has 0 saturated heterocycles. The Labute approximate surface area is 215 Å². The van der Waals surface area contributed by atoms with Crippen molar-refractivity contribution in [3.05, 3.63) is 60.4 Å². The molecule has 0 aliphatic carbocycles. The van der Waals surface area contributed by atoms with E-state index in [-0.39, 0.29) is 6.10 Å². The lowest BCUT2D eigenvalue weighted by atomic mass is 10.2. The number of nitrogen functional groups attached to an aromatic ring is 1. The molecule has 196 valence electrons. The predicted molar refractivity (Wildman–Crippen MR) is 143 cm³/mol. The van der Waals surface area contributed by atoms with Gasteiger partial charge in [0.25, 0.3) is 0 Å². The molecule has 11 heteroatoms. The van der Waals surface area contributed by atoms with E-state index in [4.69, 9.17) is 19.5 Å². The molecule has 0 fully saturated rings. The Balaban J connectivity index is 1.63. The van der Waals surface area contributed by atoms with Gasteiger partial charge in [-0.05, 0) is 52.8 Å². The zero-order valence-electron chi connectivity index (χ0n) is 21.5. The molecule has 2 heterocycles. The molecule has 0 amide bonds. The number of hydrogen-bond acceptors (Lipinski definition) is 8. The maximum atomic E-state index is 13.9. The van der Waals surface area contributed by atoms with Gasteiger partial charge in [0.2, 0.25) is 0 Å². The van der Waals surface area contributed by atoms with Gasteiger partial charge in [-0.1, -0.05) is 36.4 Å². The van der Waals surface area contributed by atoms with Crippen LogP contribution in [0.2, 0.25) is 0 Å². The van der Waals surface area contributed by atoms with Gasteiger partial charge >= 0.3 is 13.7 Å². The number of esters is 1. The first kappa shape index (κ1) is 26.6. The molecule has 0 aliphatic heterocycles. The standard InChI is InChI=1S/C26H32N5O5P/c1-16(2)34-26(32)18(4)30-37(33,36-20-11-7-6-8-12-20)35-17(3)15-31-19(5)28-23-24(31)21-13-9-10-14-22(21)29-25(23)27/h6-14,16-18H,15H2,1-5H3,(H2,27,29)(H,30,33)/t17-,18+,37+/m1/s1. The molecule has 2 aromatic heterocycles. The first-order valence-corrected chi connectivity index (χ1v) is 13.6. The number of rotatable bonds is 10. The minimum Gasteiger partial charge on any atom is -0.462 e. The van der Waals surface area contributed by atoms with Gasteiger partial charge in [0.05, 0.1) is 29.8 Å². The number of nitrogens with zero attached hydrogens (tertiary/aromatic N) is 3. The number of carbonyl (C=O) groups excluding carboxylic acids is 1. The average Bonchev–Trinajstić information content (AvgIpc) is 3.15. The van der Waals surface area contributed by atoms with Crippen LogP contribution < -0.4 is 15.3 Å². The molecule has 0 saturated carbocycles. The Bertz CT molecular complexity index is 1460. The smallest absolute Gasteiger partial charge is 0.459 e. The quantitative estimate of drug-likeness (QED) is 0.217. The van der Waals surface area contributed by atoms with Crippen molar-refractivity contribution >= 4 is 41.5 Å². The molecule has 4 aromatic rings. The van der Waals surface area contributed by atoms with Crippen LogP contribution in [-0.2, 0) is 25.2 Å². The van der Waals surface area contributed by atoms with Crippen LogP contribution in [0, 0.1) is 6.92 Å². The molecule has 0 radical (unpaired) electrons. The highest BCUT2D eigenvalue weighted by molar-refractivity contribution is 7.52. The summed E-state index contributed by atoms with van der Waals surface area (Å²) in [4.78, 5) is 21.5. The van der Waals surface area contributed by atoms with E-state index >= 15 is 0 Å². The summed E-state index contributed by atoms with van der Waals surface area (Å²) < 4.78 is 32.9. The van der Waals surface area contributed by atoms with E-state index in [9.17, 15) is 9.36 Å². The normalized spacial score (nSPS) is 15.0. The second-order valence-electron chi connectivity index (χ2n) is 9.14. The van der Waals surface area contributed by atoms with Crippen LogP contribution in [0.3, 0.4) is 0 Å². The maximum Gasteiger partial charge on any atom is 0.459 e. The lowest BCUT2D eigenvalue weighted by Crippen LogP contribution is -2.37. The van der Waals surface area contributed by atoms with E-state index in [1.54, 1.807) is 52.0 Å². The molecule has 4 rings (SSSR count). The van der Waals surface area contributed by atoms with E-state index in [0.717, 1.165) is 16.4 Å². The monoisotopic (exact) mass is 525 g/mol. The van der Waals surface area contributed by atoms with Gasteiger partial charge in [-0.15, -0.1) is 0 Å². The molecule has 3 atom stereocenters. The van der Waals surface area contributed by atoms with Gasteiger partial charge in [0, 0.05) is 5.39 Å².